The number of nitrogens with two attached hydrogens (primary N) is 2. The van der Waals surface area contributed by atoms with Crippen LogP contribution in [0, 0.1) is 34.7 Å². The first-order valence-corrected chi connectivity index (χ1v) is 31.7. The molecule has 2 bridgehead atoms. The van der Waals surface area contributed by atoms with Gasteiger partial charge in [0.2, 0.25) is 29.4 Å². The third-order valence-electron chi connectivity index (χ3n) is 17.5. The lowest BCUT2D eigenvalue weighted by atomic mass is 9.86. The molecule has 5 aliphatic rings. The number of aromatic nitrogens is 2. The Morgan fingerprint density at radius 3 is 2.01 bits per heavy atom. The molecule has 2 unspecified atom stereocenters. The van der Waals surface area contributed by atoms with E-state index >= 15 is 0 Å². The molecule has 3 atom stereocenters. The van der Waals surface area contributed by atoms with Crippen molar-refractivity contribution < 1.29 is 64.6 Å². The molecule has 27 heteroatoms. The van der Waals surface area contributed by atoms with Gasteiger partial charge >= 0.3 is 5.97 Å². The van der Waals surface area contributed by atoms with Crippen molar-refractivity contribution in [3.63, 3.8) is 0 Å². The van der Waals surface area contributed by atoms with E-state index in [4.69, 9.17) is 30.5 Å². The molecule has 0 radical (unpaired) electrons. The van der Waals surface area contributed by atoms with E-state index in [1.54, 1.807) is 18.6 Å². The van der Waals surface area contributed by atoms with Gasteiger partial charge in [0.15, 0.2) is 17.5 Å². The Kier molecular flexibility index (Phi) is 27.1. The van der Waals surface area contributed by atoms with Crippen LogP contribution in [0.25, 0.3) is 0 Å². The fourth-order valence-corrected chi connectivity index (χ4v) is 12.5. The maximum absolute atomic E-state index is 13.9. The van der Waals surface area contributed by atoms with Crippen molar-refractivity contribution in [2.75, 3.05) is 130 Å². The van der Waals surface area contributed by atoms with Gasteiger partial charge in [0.25, 0.3) is 5.91 Å². The van der Waals surface area contributed by atoms with Crippen LogP contribution < -0.4 is 31.8 Å². The van der Waals surface area contributed by atoms with Crippen LogP contribution in [-0.4, -0.2) is 220 Å². The molecule has 22 nitrogen and oxygen atoms in total. The molecule has 1 saturated carbocycles. The summed E-state index contributed by atoms with van der Waals surface area (Å²) in [5, 5.41) is 19.5. The Morgan fingerprint density at radius 2 is 1.40 bits per heavy atom. The van der Waals surface area contributed by atoms with Crippen molar-refractivity contribution in [2.24, 2.45) is 33.5 Å². The topological polar surface area (TPSA) is 264 Å². The molecular formula is C63H90F5N14O8+. The molecule has 90 heavy (non-hydrogen) atoms. The number of unbranched alkanes of at least 4 members (excludes halogenated alkanes) is 1. The van der Waals surface area contributed by atoms with Gasteiger partial charge in [-0.15, -0.1) is 0 Å². The maximum Gasteiger partial charge on any atom is 0.313 e. The standard InChI is InChI=1S/C63H89F5N14O8/c1-44(69)82(53-37-51-10-11-52(38-53)81(51)21-14-56(45-7-3-2-4-8-45)76-61(85)46-12-16-63(67,68)17-13-46)59(70)48-42-80(43-48)62-74-39-47(40-75-62)60(84)73-18-22-79-25-23-78(24-26-79)20-6-5-9-50(77-71)41-72-19-28-87-30-32-89-34-33-88-31-29-86-27-15-57(83)90-58-54(65)35-49(64)36-55(58)66/h2-4,7-8,35-36,39-41,46,48,51-53,56,69-70H,5-6,9-34,37-38,42-43H2,1H3,(H4,71,72,73,76,84,85)/p+1/t51?,52?,53?,56-/m0/s1. The number of aliphatic imine (C=N–C) groups is 1. The first-order chi connectivity index (χ1) is 43.5. The quantitative estimate of drug-likeness (QED) is 0.00542. The Bertz CT molecular complexity index is 2830. The number of nitrogens with zero attached hydrogens (tertiary/aromatic N) is 9. The number of piperidine rings is 1. The van der Waals surface area contributed by atoms with Gasteiger partial charge in [0.1, 0.15) is 5.82 Å². The molecule has 3 aromatic rings. The van der Waals surface area contributed by atoms with Gasteiger partial charge in [-0.3, -0.25) is 29.2 Å². The van der Waals surface area contributed by atoms with E-state index in [2.05, 4.69) is 50.1 Å². The second kappa shape index (κ2) is 35.3. The highest BCUT2D eigenvalue weighted by atomic mass is 19.3. The lowest BCUT2D eigenvalue weighted by Crippen LogP contribution is -2.57. The highest BCUT2D eigenvalue weighted by molar-refractivity contribution is 6.30. The average Bonchev–Trinajstić information content (AvgIpc) is 1.48. The van der Waals surface area contributed by atoms with Crippen LogP contribution in [-0.2, 0) is 28.5 Å². The van der Waals surface area contributed by atoms with E-state index in [0.717, 1.165) is 102 Å². The van der Waals surface area contributed by atoms with Crippen molar-refractivity contribution in [3.8, 4) is 5.75 Å². The van der Waals surface area contributed by atoms with Gasteiger partial charge < -0.3 is 55.7 Å². The molecular weight excluding hydrogens is 1180 g/mol. The van der Waals surface area contributed by atoms with E-state index in [1.807, 2.05) is 46.7 Å². The number of hydrogen-bond donors (Lipinski definition) is 5. The number of carbonyl (C=O) groups is 3. The van der Waals surface area contributed by atoms with Gasteiger partial charge in [0.05, 0.1) is 95.1 Å². The molecule has 494 valence electrons. The number of fused-ring (bicyclic) bond motifs is 2. The zero-order valence-electron chi connectivity index (χ0n) is 51.7. The van der Waals surface area contributed by atoms with Gasteiger partial charge in [-0.05, 0) is 76.3 Å². The van der Waals surface area contributed by atoms with Crippen molar-refractivity contribution in [1.82, 2.24) is 35.3 Å². The number of halogens is 5. The summed E-state index contributed by atoms with van der Waals surface area (Å²) in [6.07, 6.45) is 11.7. The Morgan fingerprint density at radius 1 is 0.800 bits per heavy atom. The summed E-state index contributed by atoms with van der Waals surface area (Å²) >= 11 is 0. The number of alkyl halides is 2. The third kappa shape index (κ3) is 21.2. The maximum atomic E-state index is 13.9. The van der Waals surface area contributed by atoms with E-state index in [0.29, 0.717) is 113 Å². The number of anilines is 1. The predicted octanol–water partition coefficient (Wildman–Crippen LogP) is 5.73. The number of piperazine rings is 1. The minimum absolute atomic E-state index is 0.0496. The highest BCUT2D eigenvalue weighted by Crippen LogP contribution is 2.40. The molecule has 1 aliphatic carbocycles. The van der Waals surface area contributed by atoms with Gasteiger partial charge in [-0.25, -0.2) is 36.5 Å². The van der Waals surface area contributed by atoms with Crippen LogP contribution in [0.2, 0.25) is 0 Å². The Balaban J connectivity index is 0.619. The SMILES string of the molecule is CC(N)=[N+](C(=N)C1CN(c2ncc(C(=O)NCCN3CCN(CCCCC(C=NCCOCCOCCOCCOCCC(=O)Oc4c(F)cc(F)cc4F)=NN)CC3)cn2)C1)C1CC2CCC(C1)N2CC[C@H](NC(=O)C1CCC(F)(F)CC1)c1ccccc1. The number of nitrogens with one attached hydrogen (secondary N) is 3. The highest BCUT2D eigenvalue weighted by Gasteiger charge is 2.46. The molecule has 4 aliphatic heterocycles. The largest absolute Gasteiger partial charge is 0.420 e. The number of benzene rings is 2. The molecule has 0 spiro atoms. The van der Waals surface area contributed by atoms with Crippen LogP contribution in [0.3, 0.4) is 0 Å². The molecule has 8 rings (SSSR count). The molecule has 5 fully saturated rings. The van der Waals surface area contributed by atoms with Crippen LogP contribution in [0.5, 0.6) is 5.75 Å². The van der Waals surface area contributed by atoms with Crippen molar-refractivity contribution in [1.29, 1.82) is 5.41 Å². The normalized spacial score (nSPS) is 20.8. The number of hydrogen-bond acceptors (Lipinski definition) is 18. The predicted molar refractivity (Wildman–Crippen MR) is 330 cm³/mol. The van der Waals surface area contributed by atoms with Crippen molar-refractivity contribution >= 4 is 47.3 Å². The average molecular weight is 1270 g/mol. The van der Waals surface area contributed by atoms with Crippen LogP contribution in [0.4, 0.5) is 27.9 Å². The number of amidine groups is 2. The summed E-state index contributed by atoms with van der Waals surface area (Å²) in [5.74, 6) is -1.83. The summed E-state index contributed by atoms with van der Waals surface area (Å²) in [4.78, 5) is 61.2. The van der Waals surface area contributed by atoms with E-state index in [1.165, 1.54) is 0 Å². The van der Waals surface area contributed by atoms with E-state index in [9.17, 15) is 41.7 Å². The van der Waals surface area contributed by atoms with E-state index in [-0.39, 0.29) is 81.7 Å². The van der Waals surface area contributed by atoms with Gasteiger partial charge in [-0.1, -0.05) is 30.3 Å². The molecule has 4 saturated heterocycles. The second-order valence-corrected chi connectivity index (χ2v) is 23.8. The van der Waals surface area contributed by atoms with Crippen LogP contribution in [0.1, 0.15) is 112 Å². The lowest BCUT2D eigenvalue weighted by Gasteiger charge is -2.42. The molecule has 7 N–H and O–H groups in total. The fraction of sp³-hybridized carbons (Fsp3) is 0.635. The van der Waals surface area contributed by atoms with Crippen molar-refractivity contribution in [3.05, 3.63) is 83.4 Å². The summed E-state index contributed by atoms with van der Waals surface area (Å²) in [6.45, 7) is 12.4. The molecule has 2 aromatic carbocycles. The zero-order valence-corrected chi connectivity index (χ0v) is 51.7. The number of esters is 1. The summed E-state index contributed by atoms with van der Waals surface area (Å²) < 4.78 is 96.4. The first-order valence-electron chi connectivity index (χ1n) is 31.7. The smallest absolute Gasteiger partial charge is 0.313 e. The first kappa shape index (κ1) is 69.3. The lowest BCUT2D eigenvalue weighted by molar-refractivity contribution is -0.471. The number of rotatable bonds is 35. The third-order valence-corrected chi connectivity index (χ3v) is 17.5. The molecule has 5 heterocycles. The summed E-state index contributed by atoms with van der Waals surface area (Å²) in [7, 11) is 0. The molecule has 1 aromatic heterocycles. The number of amides is 2. The monoisotopic (exact) mass is 1270 g/mol. The number of hydrazone groups is 1. The van der Waals surface area contributed by atoms with Crippen LogP contribution in [0.15, 0.2) is 65.0 Å². The van der Waals surface area contributed by atoms with Gasteiger partial charge in [0, 0.05) is 127 Å². The minimum atomic E-state index is -2.69. The number of carbonyl (C=O) groups excluding carboxylic acids is 3. The fourth-order valence-electron chi connectivity index (χ4n) is 12.5. The Hall–Kier alpha value is -6.62. The summed E-state index contributed by atoms with van der Waals surface area (Å²) in [5.41, 5.74) is 8.70. The zero-order chi connectivity index (χ0) is 63.8. The Labute approximate surface area is 523 Å². The van der Waals surface area contributed by atoms with Gasteiger partial charge in [-0.2, -0.15) is 10.5 Å². The molecule has 2 amide bonds. The van der Waals surface area contributed by atoms with E-state index < -0.39 is 41.0 Å². The minimum Gasteiger partial charge on any atom is -0.420 e. The second-order valence-electron chi connectivity index (χ2n) is 23.8. The summed E-state index contributed by atoms with van der Waals surface area (Å²) in [6, 6.07) is 11.3. The van der Waals surface area contributed by atoms with Crippen LogP contribution >= 0.6 is 0 Å². The van der Waals surface area contributed by atoms with Crippen molar-refractivity contribution in [2.45, 2.75) is 120 Å². The number of ether oxygens (including phenoxy) is 5.